The van der Waals surface area contributed by atoms with Crippen molar-refractivity contribution in [2.45, 2.75) is 58.1 Å². The molecule has 3 rings (SSSR count). The summed E-state index contributed by atoms with van der Waals surface area (Å²) in [6.07, 6.45) is 9.71. The fourth-order valence-corrected chi connectivity index (χ4v) is 4.03. The number of hydrogen-bond acceptors (Lipinski definition) is 4. The minimum Gasteiger partial charge on any atom is -0.378 e. The smallest absolute Gasteiger partial charge is 0.193 e. The number of aliphatic imine (C=N–C) groups is 1. The number of piperidine rings is 1. The molecule has 3 heterocycles. The van der Waals surface area contributed by atoms with Gasteiger partial charge in [0.05, 0.1) is 6.10 Å². The van der Waals surface area contributed by atoms with Gasteiger partial charge in [0.2, 0.25) is 0 Å². The van der Waals surface area contributed by atoms with E-state index in [1.807, 2.05) is 13.2 Å². The zero-order chi connectivity index (χ0) is 18.9. The van der Waals surface area contributed by atoms with Gasteiger partial charge in [0.1, 0.15) is 5.82 Å². The molecule has 0 atom stereocenters. The molecular weight excluding hydrogens is 465 g/mol. The maximum Gasteiger partial charge on any atom is 0.193 e. The number of likely N-dealkylation sites (tertiary alicyclic amines) is 1. The van der Waals surface area contributed by atoms with E-state index in [1.54, 1.807) is 0 Å². The lowest BCUT2D eigenvalue weighted by molar-refractivity contribution is 0.0263. The van der Waals surface area contributed by atoms with E-state index in [0.717, 1.165) is 63.9 Å². The maximum absolute atomic E-state index is 5.75. The number of pyridine rings is 1. The molecule has 6 nitrogen and oxygen atoms in total. The molecule has 0 aromatic carbocycles. The van der Waals surface area contributed by atoms with Crippen LogP contribution in [-0.4, -0.2) is 61.8 Å². The Morgan fingerprint density at radius 1 is 1.18 bits per heavy atom. The SMILES string of the molecule is CCOC1CCN(C(=NC)NCc2ccnc(N3CCCCCC3)c2)CC1.I. The van der Waals surface area contributed by atoms with Crippen LogP contribution in [0.2, 0.25) is 0 Å². The van der Waals surface area contributed by atoms with Crippen molar-refractivity contribution >= 4 is 35.8 Å². The molecule has 0 saturated carbocycles. The van der Waals surface area contributed by atoms with Gasteiger partial charge in [-0.2, -0.15) is 0 Å². The maximum atomic E-state index is 5.75. The standard InChI is InChI=1S/C21H35N5O.HI/c1-3-27-19-9-14-26(15-10-19)21(22-2)24-17-18-8-11-23-20(16-18)25-12-6-4-5-7-13-25;/h8,11,16,19H,3-7,9-10,12-15,17H2,1-2H3,(H,22,24);1H. The molecular formula is C21H36IN5O. The molecule has 1 N–H and O–H groups in total. The van der Waals surface area contributed by atoms with Gasteiger partial charge in [-0.1, -0.05) is 12.8 Å². The number of ether oxygens (including phenoxy) is 1. The van der Waals surface area contributed by atoms with E-state index in [2.05, 4.69) is 44.1 Å². The fourth-order valence-electron chi connectivity index (χ4n) is 4.03. The van der Waals surface area contributed by atoms with Gasteiger partial charge < -0.3 is 19.9 Å². The van der Waals surface area contributed by atoms with Crippen LogP contribution in [0.3, 0.4) is 0 Å². The number of nitrogens with one attached hydrogen (secondary N) is 1. The van der Waals surface area contributed by atoms with Crippen LogP contribution in [-0.2, 0) is 11.3 Å². The van der Waals surface area contributed by atoms with Crippen LogP contribution in [0.1, 0.15) is 51.0 Å². The molecule has 0 unspecified atom stereocenters. The Labute approximate surface area is 187 Å². The molecule has 0 bridgehead atoms. The molecule has 2 fully saturated rings. The number of aromatic nitrogens is 1. The van der Waals surface area contributed by atoms with Crippen LogP contribution in [0.5, 0.6) is 0 Å². The highest BCUT2D eigenvalue weighted by Crippen LogP contribution is 2.18. The van der Waals surface area contributed by atoms with E-state index in [-0.39, 0.29) is 24.0 Å². The summed E-state index contributed by atoms with van der Waals surface area (Å²) in [7, 11) is 1.87. The van der Waals surface area contributed by atoms with Gasteiger partial charge in [-0.3, -0.25) is 4.99 Å². The molecule has 2 aliphatic heterocycles. The minimum absolute atomic E-state index is 0. The summed E-state index contributed by atoms with van der Waals surface area (Å²) < 4.78 is 5.75. The van der Waals surface area contributed by atoms with Crippen LogP contribution in [0.4, 0.5) is 5.82 Å². The fraction of sp³-hybridized carbons (Fsp3) is 0.714. The van der Waals surface area contributed by atoms with Gasteiger partial charge in [0.15, 0.2) is 5.96 Å². The van der Waals surface area contributed by atoms with E-state index >= 15 is 0 Å². The highest BCUT2D eigenvalue weighted by molar-refractivity contribution is 14.0. The number of hydrogen-bond donors (Lipinski definition) is 1. The molecule has 1 aromatic rings. The molecule has 2 saturated heterocycles. The first-order chi connectivity index (χ1) is 13.3. The Kier molecular flexibility index (Phi) is 10.3. The first-order valence-corrected chi connectivity index (χ1v) is 10.6. The summed E-state index contributed by atoms with van der Waals surface area (Å²) in [5.41, 5.74) is 1.26. The summed E-state index contributed by atoms with van der Waals surface area (Å²) in [4.78, 5) is 13.9. The van der Waals surface area contributed by atoms with Crippen LogP contribution in [0.15, 0.2) is 23.3 Å². The predicted octanol–water partition coefficient (Wildman–Crippen LogP) is 3.66. The predicted molar refractivity (Wildman–Crippen MR) is 127 cm³/mol. The highest BCUT2D eigenvalue weighted by Gasteiger charge is 2.21. The summed E-state index contributed by atoms with van der Waals surface area (Å²) in [6, 6.07) is 4.33. The van der Waals surface area contributed by atoms with Gasteiger partial charge >= 0.3 is 0 Å². The summed E-state index contributed by atoms with van der Waals surface area (Å²) in [5, 5.41) is 3.53. The Bertz CT molecular complexity index is 596. The third-order valence-corrected chi connectivity index (χ3v) is 5.55. The van der Waals surface area contributed by atoms with Crippen LogP contribution in [0, 0.1) is 0 Å². The average Bonchev–Trinajstić information content (AvgIpc) is 3.00. The normalized spacial score (nSPS) is 19.1. The van der Waals surface area contributed by atoms with E-state index in [4.69, 9.17) is 4.74 Å². The number of nitrogens with zero attached hydrogens (tertiary/aromatic N) is 4. The van der Waals surface area contributed by atoms with E-state index in [9.17, 15) is 0 Å². The first-order valence-electron chi connectivity index (χ1n) is 10.6. The van der Waals surface area contributed by atoms with Gasteiger partial charge in [-0.15, -0.1) is 24.0 Å². The number of rotatable bonds is 5. The third-order valence-electron chi connectivity index (χ3n) is 5.55. The van der Waals surface area contributed by atoms with Gasteiger partial charge in [0.25, 0.3) is 0 Å². The second kappa shape index (κ2) is 12.5. The molecule has 158 valence electrons. The van der Waals surface area contributed by atoms with Gasteiger partial charge in [-0.05, 0) is 50.3 Å². The number of anilines is 1. The number of guanidine groups is 1. The van der Waals surface area contributed by atoms with E-state index < -0.39 is 0 Å². The van der Waals surface area contributed by atoms with E-state index in [1.165, 1.54) is 31.2 Å². The first kappa shape index (κ1) is 23.2. The minimum atomic E-state index is 0. The van der Waals surface area contributed by atoms with Crippen LogP contribution >= 0.6 is 24.0 Å². The lowest BCUT2D eigenvalue weighted by Gasteiger charge is -2.34. The zero-order valence-corrected chi connectivity index (χ0v) is 19.7. The second-order valence-corrected chi connectivity index (χ2v) is 7.47. The lowest BCUT2D eigenvalue weighted by atomic mass is 10.1. The molecule has 2 aliphatic rings. The molecule has 7 heteroatoms. The topological polar surface area (TPSA) is 53.0 Å². The highest BCUT2D eigenvalue weighted by atomic mass is 127. The van der Waals surface area contributed by atoms with Crippen LogP contribution < -0.4 is 10.2 Å². The van der Waals surface area contributed by atoms with Crippen molar-refractivity contribution in [2.24, 2.45) is 4.99 Å². The Morgan fingerprint density at radius 3 is 2.54 bits per heavy atom. The average molecular weight is 501 g/mol. The largest absolute Gasteiger partial charge is 0.378 e. The Hall–Kier alpha value is -1.09. The van der Waals surface area contributed by atoms with Gasteiger partial charge in [-0.25, -0.2) is 4.98 Å². The Morgan fingerprint density at radius 2 is 1.89 bits per heavy atom. The summed E-state index contributed by atoms with van der Waals surface area (Å²) >= 11 is 0. The second-order valence-electron chi connectivity index (χ2n) is 7.47. The van der Waals surface area contributed by atoms with Crippen molar-refractivity contribution < 1.29 is 4.74 Å². The molecule has 0 aliphatic carbocycles. The summed E-state index contributed by atoms with van der Waals surface area (Å²) in [5.74, 6) is 2.10. The zero-order valence-electron chi connectivity index (χ0n) is 17.4. The molecule has 0 spiro atoms. The summed E-state index contributed by atoms with van der Waals surface area (Å²) in [6.45, 7) is 7.90. The molecule has 0 amide bonds. The van der Waals surface area contributed by atoms with Gasteiger partial charge in [0, 0.05) is 52.6 Å². The van der Waals surface area contributed by atoms with Crippen molar-refractivity contribution in [3.63, 3.8) is 0 Å². The van der Waals surface area contributed by atoms with Crippen molar-refractivity contribution in [2.75, 3.05) is 44.7 Å². The monoisotopic (exact) mass is 501 g/mol. The molecule has 28 heavy (non-hydrogen) atoms. The quantitative estimate of drug-likeness (QED) is 0.379. The number of halogens is 1. The van der Waals surface area contributed by atoms with Crippen molar-refractivity contribution in [3.8, 4) is 0 Å². The van der Waals surface area contributed by atoms with Crippen molar-refractivity contribution in [1.82, 2.24) is 15.2 Å². The van der Waals surface area contributed by atoms with Crippen molar-refractivity contribution in [3.05, 3.63) is 23.9 Å². The van der Waals surface area contributed by atoms with E-state index in [0.29, 0.717) is 6.10 Å². The lowest BCUT2D eigenvalue weighted by Crippen LogP contribution is -2.46. The molecule has 0 radical (unpaired) electrons. The molecule has 1 aromatic heterocycles. The third kappa shape index (κ3) is 6.76. The van der Waals surface area contributed by atoms with Crippen LogP contribution in [0.25, 0.3) is 0 Å². The van der Waals surface area contributed by atoms with Crippen molar-refractivity contribution in [1.29, 1.82) is 0 Å². The Balaban J connectivity index is 0.00000280.